The van der Waals surface area contributed by atoms with Crippen molar-refractivity contribution in [3.8, 4) is 11.1 Å². The van der Waals surface area contributed by atoms with Crippen molar-refractivity contribution in [3.63, 3.8) is 0 Å². The van der Waals surface area contributed by atoms with Crippen LogP contribution in [0.2, 0.25) is 0 Å². The van der Waals surface area contributed by atoms with E-state index in [0.29, 0.717) is 24.4 Å². The van der Waals surface area contributed by atoms with Gasteiger partial charge in [0.15, 0.2) is 0 Å². The summed E-state index contributed by atoms with van der Waals surface area (Å²) < 4.78 is 0. The Kier molecular flexibility index (Phi) is 3.49. The number of aldehydes is 1. The van der Waals surface area contributed by atoms with Crippen LogP contribution in [0.4, 0.5) is 0 Å². The first-order chi connectivity index (χ1) is 11.3. The molecule has 3 heteroatoms. The molecule has 1 atom stereocenters. The number of hydrogen-bond acceptors (Lipinski definition) is 2. The zero-order valence-corrected chi connectivity index (χ0v) is 12.9. The Hall–Kier alpha value is -2.42. The average molecular weight is 305 g/mol. The van der Waals surface area contributed by atoms with Gasteiger partial charge in [-0.15, -0.1) is 0 Å². The summed E-state index contributed by atoms with van der Waals surface area (Å²) in [4.78, 5) is 23.0. The summed E-state index contributed by atoms with van der Waals surface area (Å²) in [6.07, 6.45) is 3.90. The van der Waals surface area contributed by atoms with E-state index in [4.69, 9.17) is 0 Å². The summed E-state index contributed by atoms with van der Waals surface area (Å²) in [6, 6.07) is 14.6. The molecule has 1 aliphatic carbocycles. The lowest BCUT2D eigenvalue weighted by Crippen LogP contribution is -2.13. The topological polar surface area (TPSA) is 46.2 Å². The van der Waals surface area contributed by atoms with Gasteiger partial charge in [0.25, 0.3) is 0 Å². The van der Waals surface area contributed by atoms with Crippen LogP contribution in [0.1, 0.15) is 52.6 Å². The quantitative estimate of drug-likeness (QED) is 0.876. The fourth-order valence-electron chi connectivity index (χ4n) is 3.55. The summed E-state index contributed by atoms with van der Waals surface area (Å²) in [5.41, 5.74) is 5.39. The molecule has 0 radical (unpaired) electrons. The Morgan fingerprint density at radius 3 is 2.52 bits per heavy atom. The second-order valence-electron chi connectivity index (χ2n) is 6.53. The van der Waals surface area contributed by atoms with Crippen molar-refractivity contribution in [1.82, 2.24) is 5.32 Å². The van der Waals surface area contributed by atoms with Crippen molar-refractivity contribution < 1.29 is 9.59 Å². The zero-order chi connectivity index (χ0) is 15.8. The van der Waals surface area contributed by atoms with Gasteiger partial charge in [-0.25, -0.2) is 0 Å². The summed E-state index contributed by atoms with van der Waals surface area (Å²) in [6.45, 7) is 0.623. The fraction of sp³-hybridized carbons (Fsp3) is 0.300. The number of nitrogens with one attached hydrogen (secondary N) is 1. The van der Waals surface area contributed by atoms with Gasteiger partial charge in [0.1, 0.15) is 6.29 Å². The molecule has 1 saturated carbocycles. The van der Waals surface area contributed by atoms with E-state index in [-0.39, 0.29) is 11.8 Å². The highest BCUT2D eigenvalue weighted by Gasteiger charge is 2.27. The Morgan fingerprint density at radius 2 is 1.83 bits per heavy atom. The number of carbonyl (C=O) groups is 2. The molecule has 3 nitrogen and oxygen atoms in total. The Bertz CT molecular complexity index is 777. The molecular formula is C20H19NO2. The van der Waals surface area contributed by atoms with Crippen molar-refractivity contribution in [2.45, 2.75) is 31.1 Å². The third-order valence-electron chi connectivity index (χ3n) is 4.92. The minimum absolute atomic E-state index is 0.0648. The molecule has 1 saturated heterocycles. The van der Waals surface area contributed by atoms with Crippen LogP contribution < -0.4 is 5.32 Å². The maximum absolute atomic E-state index is 11.6. The van der Waals surface area contributed by atoms with E-state index in [0.717, 1.165) is 17.4 Å². The van der Waals surface area contributed by atoms with Gasteiger partial charge in [-0.05, 0) is 47.1 Å². The van der Waals surface area contributed by atoms with Crippen LogP contribution in [0.3, 0.4) is 0 Å². The number of amides is 1. The summed E-state index contributed by atoms with van der Waals surface area (Å²) in [5, 5.41) is 2.84. The van der Waals surface area contributed by atoms with Crippen molar-refractivity contribution in [2.75, 3.05) is 6.54 Å². The van der Waals surface area contributed by atoms with E-state index >= 15 is 0 Å². The van der Waals surface area contributed by atoms with E-state index in [1.807, 2.05) is 12.1 Å². The Labute approximate surface area is 135 Å². The molecule has 1 aliphatic heterocycles. The van der Waals surface area contributed by atoms with Gasteiger partial charge >= 0.3 is 0 Å². The SMILES string of the molecule is O=Cc1cc(-c2ccccc2C2CC2)ccc1C1CNC(=O)C1. The van der Waals surface area contributed by atoms with Gasteiger partial charge in [0.2, 0.25) is 5.91 Å². The third kappa shape index (κ3) is 2.67. The number of carbonyl (C=O) groups excluding carboxylic acids is 2. The molecule has 0 aromatic heterocycles. The Balaban J connectivity index is 1.74. The highest BCUT2D eigenvalue weighted by atomic mass is 16.1. The molecule has 0 bridgehead atoms. The summed E-state index contributed by atoms with van der Waals surface area (Å²) in [5.74, 6) is 0.840. The second-order valence-corrected chi connectivity index (χ2v) is 6.53. The molecule has 4 rings (SSSR count). The monoisotopic (exact) mass is 305 g/mol. The summed E-state index contributed by atoms with van der Waals surface area (Å²) in [7, 11) is 0. The minimum atomic E-state index is 0.0648. The molecule has 0 spiro atoms. The molecule has 1 amide bonds. The van der Waals surface area contributed by atoms with Gasteiger partial charge in [-0.1, -0.05) is 36.4 Å². The van der Waals surface area contributed by atoms with Crippen molar-refractivity contribution >= 4 is 12.2 Å². The van der Waals surface area contributed by atoms with E-state index in [9.17, 15) is 9.59 Å². The maximum atomic E-state index is 11.6. The van der Waals surface area contributed by atoms with E-state index in [2.05, 4.69) is 35.6 Å². The molecule has 116 valence electrons. The first-order valence-corrected chi connectivity index (χ1v) is 8.21. The molecule has 2 fully saturated rings. The van der Waals surface area contributed by atoms with Gasteiger partial charge in [-0.3, -0.25) is 9.59 Å². The fourth-order valence-corrected chi connectivity index (χ4v) is 3.55. The molecule has 1 unspecified atom stereocenters. The van der Waals surface area contributed by atoms with Gasteiger partial charge < -0.3 is 5.32 Å². The lowest BCUT2D eigenvalue weighted by atomic mass is 9.89. The van der Waals surface area contributed by atoms with Crippen LogP contribution in [0.5, 0.6) is 0 Å². The van der Waals surface area contributed by atoms with Gasteiger partial charge in [0, 0.05) is 24.4 Å². The maximum Gasteiger partial charge on any atom is 0.220 e. The smallest absolute Gasteiger partial charge is 0.220 e. The molecule has 2 aromatic rings. The third-order valence-corrected chi connectivity index (χ3v) is 4.92. The zero-order valence-electron chi connectivity index (χ0n) is 12.9. The molecule has 2 aromatic carbocycles. The normalized spacial score (nSPS) is 20.3. The predicted octanol–water partition coefficient (Wildman–Crippen LogP) is 3.65. The van der Waals surface area contributed by atoms with E-state index < -0.39 is 0 Å². The average Bonchev–Trinajstić information content (AvgIpc) is 3.35. The first kappa shape index (κ1) is 14.2. The lowest BCUT2D eigenvalue weighted by Gasteiger charge is -2.14. The second kappa shape index (κ2) is 5.65. The first-order valence-electron chi connectivity index (χ1n) is 8.21. The Morgan fingerprint density at radius 1 is 1.00 bits per heavy atom. The van der Waals surface area contributed by atoms with Crippen LogP contribution >= 0.6 is 0 Å². The number of benzene rings is 2. The number of hydrogen-bond donors (Lipinski definition) is 1. The molecular weight excluding hydrogens is 286 g/mol. The van der Waals surface area contributed by atoms with Gasteiger partial charge in [-0.2, -0.15) is 0 Å². The summed E-state index contributed by atoms with van der Waals surface area (Å²) >= 11 is 0. The van der Waals surface area contributed by atoms with Crippen molar-refractivity contribution in [3.05, 3.63) is 59.2 Å². The van der Waals surface area contributed by atoms with Gasteiger partial charge in [0.05, 0.1) is 0 Å². The van der Waals surface area contributed by atoms with E-state index in [1.165, 1.54) is 24.0 Å². The highest BCUT2D eigenvalue weighted by Crippen LogP contribution is 2.44. The predicted molar refractivity (Wildman–Crippen MR) is 89.6 cm³/mol. The van der Waals surface area contributed by atoms with Crippen LogP contribution in [-0.2, 0) is 4.79 Å². The van der Waals surface area contributed by atoms with Crippen LogP contribution in [0, 0.1) is 0 Å². The van der Waals surface area contributed by atoms with Crippen LogP contribution in [-0.4, -0.2) is 18.7 Å². The molecule has 1 N–H and O–H groups in total. The van der Waals surface area contributed by atoms with E-state index in [1.54, 1.807) is 0 Å². The molecule has 23 heavy (non-hydrogen) atoms. The largest absolute Gasteiger partial charge is 0.355 e. The standard InChI is InChI=1S/C20H19NO2/c22-12-16-9-14(7-8-17(16)15-10-20(23)21-11-15)19-4-2-1-3-18(19)13-5-6-13/h1-4,7-9,12-13,15H,5-6,10-11H2,(H,21,23). The number of rotatable bonds is 4. The van der Waals surface area contributed by atoms with Crippen LogP contribution in [0.15, 0.2) is 42.5 Å². The van der Waals surface area contributed by atoms with Crippen molar-refractivity contribution in [2.24, 2.45) is 0 Å². The van der Waals surface area contributed by atoms with Crippen molar-refractivity contribution in [1.29, 1.82) is 0 Å². The highest BCUT2D eigenvalue weighted by molar-refractivity contribution is 5.84. The molecule has 1 heterocycles. The minimum Gasteiger partial charge on any atom is -0.355 e. The molecule has 2 aliphatic rings. The van der Waals surface area contributed by atoms with Crippen LogP contribution in [0.25, 0.3) is 11.1 Å². The lowest BCUT2D eigenvalue weighted by molar-refractivity contribution is -0.119.